The molecule has 0 fully saturated rings. The number of rotatable bonds is 7. The van der Waals surface area contributed by atoms with E-state index in [1.54, 1.807) is 6.07 Å². The molecular formula is C17H19N3O4. The minimum atomic E-state index is -1.02. The van der Waals surface area contributed by atoms with Crippen molar-refractivity contribution in [3.8, 4) is 0 Å². The molecule has 24 heavy (non-hydrogen) atoms. The first-order valence-electron chi connectivity index (χ1n) is 7.49. The molecule has 7 heteroatoms. The molecule has 7 nitrogen and oxygen atoms in total. The van der Waals surface area contributed by atoms with Gasteiger partial charge in [-0.15, -0.1) is 0 Å². The average Bonchev–Trinajstić information content (AvgIpc) is 2.57. The zero-order valence-corrected chi connectivity index (χ0v) is 13.0. The smallest absolute Gasteiger partial charge is 0.303 e. The molecule has 0 unspecified atom stereocenters. The molecule has 0 saturated heterocycles. The first-order valence-corrected chi connectivity index (χ1v) is 7.49. The molecule has 5 N–H and O–H groups in total. The summed E-state index contributed by atoms with van der Waals surface area (Å²) < 4.78 is 0. The van der Waals surface area contributed by atoms with Crippen LogP contribution in [0.5, 0.6) is 0 Å². The number of nitrogens with one attached hydrogen (secondary N) is 2. The van der Waals surface area contributed by atoms with Gasteiger partial charge in [-0.25, -0.2) is 0 Å². The maximum atomic E-state index is 11.9. The van der Waals surface area contributed by atoms with E-state index in [4.69, 9.17) is 10.8 Å². The van der Waals surface area contributed by atoms with E-state index in [1.807, 2.05) is 36.4 Å². The van der Waals surface area contributed by atoms with Crippen molar-refractivity contribution in [1.82, 2.24) is 5.32 Å². The first-order chi connectivity index (χ1) is 11.5. The summed E-state index contributed by atoms with van der Waals surface area (Å²) in [5.74, 6) is -1.96. The summed E-state index contributed by atoms with van der Waals surface area (Å²) in [6.45, 7) is -0.230. The fourth-order valence-electron chi connectivity index (χ4n) is 2.18. The highest BCUT2D eigenvalue weighted by Crippen LogP contribution is 2.18. The number of carbonyl (C=O) groups is 3. The largest absolute Gasteiger partial charge is 0.481 e. The zero-order valence-electron chi connectivity index (χ0n) is 13.0. The van der Waals surface area contributed by atoms with Crippen molar-refractivity contribution in [1.29, 1.82) is 0 Å². The Kier molecular flexibility index (Phi) is 5.86. The molecule has 126 valence electrons. The number of carboxylic acid groups (broad SMARTS) is 1. The Morgan fingerprint density at radius 2 is 1.79 bits per heavy atom. The second-order valence-corrected chi connectivity index (χ2v) is 5.37. The van der Waals surface area contributed by atoms with Gasteiger partial charge in [0, 0.05) is 12.1 Å². The third-order valence-electron chi connectivity index (χ3n) is 3.46. The van der Waals surface area contributed by atoms with Crippen LogP contribution >= 0.6 is 0 Å². The van der Waals surface area contributed by atoms with Crippen LogP contribution in [0.1, 0.15) is 12.8 Å². The van der Waals surface area contributed by atoms with E-state index in [-0.39, 0.29) is 25.3 Å². The summed E-state index contributed by atoms with van der Waals surface area (Å²) in [5.41, 5.74) is 6.19. The predicted octanol–water partition coefficient (Wildman–Crippen LogP) is 1.09. The molecule has 2 aromatic carbocycles. The Morgan fingerprint density at radius 1 is 1.08 bits per heavy atom. The molecule has 0 spiro atoms. The molecule has 2 rings (SSSR count). The molecule has 2 amide bonds. The van der Waals surface area contributed by atoms with E-state index in [9.17, 15) is 14.4 Å². The van der Waals surface area contributed by atoms with E-state index in [1.165, 1.54) is 0 Å². The number of nitrogens with two attached hydrogens (primary N) is 1. The predicted molar refractivity (Wildman–Crippen MR) is 90.4 cm³/mol. The number of anilines is 1. The fraction of sp³-hybridized carbons (Fsp3) is 0.235. The van der Waals surface area contributed by atoms with E-state index in [2.05, 4.69) is 10.6 Å². The number of hydrogen-bond donors (Lipinski definition) is 4. The number of aliphatic carboxylic acids is 1. The minimum absolute atomic E-state index is 0.0213. The van der Waals surface area contributed by atoms with Gasteiger partial charge in [0.2, 0.25) is 11.8 Å². The number of amides is 2. The second kappa shape index (κ2) is 8.07. The minimum Gasteiger partial charge on any atom is -0.481 e. The number of fused-ring (bicyclic) bond motifs is 1. The lowest BCUT2D eigenvalue weighted by Crippen LogP contribution is -2.43. The van der Waals surface area contributed by atoms with Gasteiger partial charge in [0.05, 0.1) is 12.6 Å². The standard InChI is InChI=1S/C17H19N3O4/c18-14(7-8-16(22)23)17(24)19-10-15(21)20-13-6-5-11-3-1-2-4-12(11)9-13/h1-6,9,14H,7-8,10,18H2,(H,19,24)(H,20,21)(H,22,23)/t14-/m0/s1. The molecule has 0 aliphatic heterocycles. The van der Waals surface area contributed by atoms with Crippen LogP contribution in [-0.2, 0) is 14.4 Å². The zero-order chi connectivity index (χ0) is 17.5. The van der Waals surface area contributed by atoms with Gasteiger partial charge in [0.15, 0.2) is 0 Å². The summed E-state index contributed by atoms with van der Waals surface area (Å²) in [6, 6.07) is 12.3. The fourth-order valence-corrected chi connectivity index (χ4v) is 2.18. The van der Waals surface area contributed by atoms with E-state index >= 15 is 0 Å². The summed E-state index contributed by atoms with van der Waals surface area (Å²) in [6.07, 6.45) is -0.175. The van der Waals surface area contributed by atoms with E-state index in [0.717, 1.165) is 10.8 Å². The Hall–Kier alpha value is -2.93. The lowest BCUT2D eigenvalue weighted by Gasteiger charge is -2.11. The third kappa shape index (κ3) is 5.06. The lowest BCUT2D eigenvalue weighted by atomic mass is 10.1. The summed E-state index contributed by atoms with van der Waals surface area (Å²) in [7, 11) is 0. The second-order valence-electron chi connectivity index (χ2n) is 5.37. The first kappa shape index (κ1) is 17.4. The summed E-state index contributed by atoms with van der Waals surface area (Å²) in [4.78, 5) is 34.0. The SMILES string of the molecule is N[C@@H](CCC(=O)O)C(=O)NCC(=O)Nc1ccc2ccccc2c1. The quantitative estimate of drug-likeness (QED) is 0.606. The normalized spacial score (nSPS) is 11.7. The van der Waals surface area contributed by atoms with Crippen LogP contribution in [-0.4, -0.2) is 35.5 Å². The summed E-state index contributed by atoms with van der Waals surface area (Å²) in [5, 5.41) is 15.7. The van der Waals surface area contributed by atoms with Crippen LogP contribution in [0.3, 0.4) is 0 Å². The Balaban J connectivity index is 1.83. The van der Waals surface area contributed by atoms with Gasteiger partial charge in [0.25, 0.3) is 0 Å². The number of hydrogen-bond acceptors (Lipinski definition) is 4. The van der Waals surface area contributed by atoms with Crippen LogP contribution in [0.4, 0.5) is 5.69 Å². The molecular weight excluding hydrogens is 310 g/mol. The highest BCUT2D eigenvalue weighted by molar-refractivity contribution is 5.97. The van der Waals surface area contributed by atoms with Crippen LogP contribution < -0.4 is 16.4 Å². The van der Waals surface area contributed by atoms with Crippen LogP contribution in [0.25, 0.3) is 10.8 Å². The molecule has 2 aromatic rings. The van der Waals surface area contributed by atoms with Crippen LogP contribution in [0.15, 0.2) is 42.5 Å². The van der Waals surface area contributed by atoms with Crippen molar-refractivity contribution >= 4 is 34.2 Å². The molecule has 0 radical (unpaired) electrons. The molecule has 0 bridgehead atoms. The van der Waals surface area contributed by atoms with Crippen LogP contribution in [0.2, 0.25) is 0 Å². The average molecular weight is 329 g/mol. The molecule has 0 aromatic heterocycles. The molecule has 0 aliphatic rings. The maximum Gasteiger partial charge on any atom is 0.303 e. The van der Waals surface area contributed by atoms with Crippen molar-refractivity contribution < 1.29 is 19.5 Å². The Morgan fingerprint density at radius 3 is 2.50 bits per heavy atom. The third-order valence-corrected chi connectivity index (χ3v) is 3.46. The van der Waals surface area contributed by atoms with Gasteiger partial charge in [0.1, 0.15) is 0 Å². The monoisotopic (exact) mass is 329 g/mol. The van der Waals surface area contributed by atoms with Crippen LogP contribution in [0, 0.1) is 0 Å². The van der Waals surface area contributed by atoms with Crippen molar-refractivity contribution in [3.05, 3.63) is 42.5 Å². The van der Waals surface area contributed by atoms with Gasteiger partial charge in [-0.05, 0) is 29.3 Å². The van der Waals surface area contributed by atoms with Crippen molar-refractivity contribution in [2.75, 3.05) is 11.9 Å². The van der Waals surface area contributed by atoms with Gasteiger partial charge in [-0.2, -0.15) is 0 Å². The molecule has 1 atom stereocenters. The van der Waals surface area contributed by atoms with Gasteiger partial charge >= 0.3 is 5.97 Å². The number of benzene rings is 2. The molecule has 0 heterocycles. The topological polar surface area (TPSA) is 122 Å². The highest BCUT2D eigenvalue weighted by Gasteiger charge is 2.15. The lowest BCUT2D eigenvalue weighted by molar-refractivity contribution is -0.137. The maximum absolute atomic E-state index is 11.9. The molecule has 0 saturated carbocycles. The Labute approximate surface area is 138 Å². The van der Waals surface area contributed by atoms with Crippen molar-refractivity contribution in [2.24, 2.45) is 5.73 Å². The highest BCUT2D eigenvalue weighted by atomic mass is 16.4. The number of carbonyl (C=O) groups excluding carboxylic acids is 2. The van der Waals surface area contributed by atoms with Gasteiger partial charge in [-0.1, -0.05) is 30.3 Å². The molecule has 0 aliphatic carbocycles. The van der Waals surface area contributed by atoms with E-state index in [0.29, 0.717) is 5.69 Å². The van der Waals surface area contributed by atoms with Crippen molar-refractivity contribution in [3.63, 3.8) is 0 Å². The van der Waals surface area contributed by atoms with E-state index < -0.39 is 17.9 Å². The number of carboxylic acids is 1. The van der Waals surface area contributed by atoms with Gasteiger partial charge < -0.3 is 21.5 Å². The Bertz CT molecular complexity index is 760. The summed E-state index contributed by atoms with van der Waals surface area (Å²) >= 11 is 0. The van der Waals surface area contributed by atoms with Gasteiger partial charge in [-0.3, -0.25) is 14.4 Å². The van der Waals surface area contributed by atoms with Crippen molar-refractivity contribution in [2.45, 2.75) is 18.9 Å².